The molecule has 1 aliphatic heterocycles. The third-order valence-corrected chi connectivity index (χ3v) is 4.87. The number of halogens is 2. The van der Waals surface area contributed by atoms with Crippen LogP contribution in [-0.2, 0) is 14.3 Å². The van der Waals surface area contributed by atoms with Crippen molar-refractivity contribution in [1.82, 2.24) is 4.90 Å². The van der Waals surface area contributed by atoms with Gasteiger partial charge in [0.1, 0.15) is 17.7 Å². The number of esters is 1. The molecule has 1 heterocycles. The number of nitrogens with zero attached hydrogens (tertiary/aromatic N) is 1. The lowest BCUT2D eigenvalue weighted by atomic mass is 10.00. The third kappa shape index (κ3) is 5.59. The fraction of sp³-hybridized carbons (Fsp3) is 0.409. The Morgan fingerprint density at radius 2 is 1.50 bits per heavy atom. The summed E-state index contributed by atoms with van der Waals surface area (Å²) in [5.41, 5.74) is 1.64. The summed E-state index contributed by atoms with van der Waals surface area (Å²) < 4.78 is 38.0. The normalized spacial score (nSPS) is 15.7. The quantitative estimate of drug-likeness (QED) is 0.669. The highest BCUT2D eigenvalue weighted by Gasteiger charge is 2.26. The van der Waals surface area contributed by atoms with Crippen LogP contribution in [0.25, 0.3) is 0 Å². The van der Waals surface area contributed by atoms with Gasteiger partial charge in [-0.25, -0.2) is 8.78 Å². The van der Waals surface area contributed by atoms with Gasteiger partial charge < -0.3 is 9.47 Å². The Hall–Kier alpha value is -2.31. The molecule has 2 aromatic rings. The minimum Gasteiger partial charge on any atom is -0.465 e. The molecule has 0 saturated carbocycles. The van der Waals surface area contributed by atoms with Crippen molar-refractivity contribution in [3.63, 3.8) is 0 Å². The van der Waals surface area contributed by atoms with E-state index in [2.05, 4.69) is 4.90 Å². The second kappa shape index (κ2) is 9.75. The Balaban J connectivity index is 1.66. The maximum atomic E-state index is 13.3. The third-order valence-electron chi connectivity index (χ3n) is 4.87. The Morgan fingerprint density at radius 1 is 1.00 bits per heavy atom. The molecule has 1 saturated heterocycles. The van der Waals surface area contributed by atoms with Crippen LogP contribution >= 0.6 is 0 Å². The topological polar surface area (TPSA) is 38.8 Å². The van der Waals surface area contributed by atoms with E-state index in [0.717, 1.165) is 37.1 Å². The van der Waals surface area contributed by atoms with Crippen molar-refractivity contribution in [3.05, 3.63) is 71.3 Å². The summed E-state index contributed by atoms with van der Waals surface area (Å²) in [6, 6.07) is 12.4. The lowest BCUT2D eigenvalue weighted by molar-refractivity contribution is -0.145. The zero-order valence-corrected chi connectivity index (χ0v) is 15.9. The van der Waals surface area contributed by atoms with Crippen molar-refractivity contribution >= 4 is 5.97 Å². The predicted molar refractivity (Wildman–Crippen MR) is 102 cm³/mol. The van der Waals surface area contributed by atoms with E-state index in [1.165, 1.54) is 24.3 Å². The van der Waals surface area contributed by atoms with Crippen molar-refractivity contribution in [2.45, 2.75) is 32.0 Å². The van der Waals surface area contributed by atoms with Gasteiger partial charge in [0.25, 0.3) is 0 Å². The number of likely N-dealkylation sites (tertiary alicyclic amines) is 1. The number of piperidine rings is 1. The van der Waals surface area contributed by atoms with Crippen LogP contribution in [0.15, 0.2) is 48.5 Å². The van der Waals surface area contributed by atoms with Crippen LogP contribution in [0.1, 0.15) is 37.0 Å². The van der Waals surface area contributed by atoms with Gasteiger partial charge in [0.15, 0.2) is 0 Å². The summed E-state index contributed by atoms with van der Waals surface area (Å²) in [6.45, 7) is 3.95. The van der Waals surface area contributed by atoms with Gasteiger partial charge in [-0.05, 0) is 55.2 Å². The minimum atomic E-state index is -0.400. The molecule has 6 heteroatoms. The molecule has 150 valence electrons. The molecule has 28 heavy (non-hydrogen) atoms. The first kappa shape index (κ1) is 20.4. The number of carbonyl (C=O) groups is 1. The maximum absolute atomic E-state index is 13.3. The van der Waals surface area contributed by atoms with Crippen LogP contribution in [-0.4, -0.2) is 43.2 Å². The summed E-state index contributed by atoms with van der Waals surface area (Å²) >= 11 is 0. The van der Waals surface area contributed by atoms with Gasteiger partial charge in [-0.2, -0.15) is 0 Å². The molecule has 0 aliphatic carbocycles. The van der Waals surface area contributed by atoms with Crippen molar-refractivity contribution in [1.29, 1.82) is 0 Å². The molecule has 0 radical (unpaired) electrons. The highest BCUT2D eigenvalue weighted by atomic mass is 19.1. The molecule has 0 unspecified atom stereocenters. The van der Waals surface area contributed by atoms with E-state index >= 15 is 0 Å². The molecule has 0 amide bonds. The van der Waals surface area contributed by atoms with E-state index < -0.39 is 6.10 Å². The second-order valence-corrected chi connectivity index (χ2v) is 6.90. The number of rotatable bonds is 7. The smallest absolute Gasteiger partial charge is 0.320 e. The van der Waals surface area contributed by atoms with E-state index in [1.807, 2.05) is 0 Å². The molecule has 0 atom stereocenters. The molecule has 0 aromatic heterocycles. The first-order valence-electron chi connectivity index (χ1n) is 9.59. The molecule has 1 aliphatic rings. The standard InChI is InChI=1S/C22H25F2NO3/c1-2-27-21(26)15-25-13-11-20(12-14-25)28-22(16-3-7-18(23)8-4-16)17-5-9-19(24)10-6-17/h3-10,20,22H,2,11-15H2,1H3. The van der Waals surface area contributed by atoms with Crippen molar-refractivity contribution < 1.29 is 23.0 Å². The van der Waals surface area contributed by atoms with Gasteiger partial charge in [0.05, 0.1) is 19.3 Å². The molecule has 0 N–H and O–H groups in total. The number of carbonyl (C=O) groups excluding carboxylic acids is 1. The summed E-state index contributed by atoms with van der Waals surface area (Å²) in [7, 11) is 0. The van der Waals surface area contributed by atoms with Crippen molar-refractivity contribution in [3.8, 4) is 0 Å². The molecular weight excluding hydrogens is 364 g/mol. The van der Waals surface area contributed by atoms with Crippen LogP contribution in [0.5, 0.6) is 0 Å². The zero-order chi connectivity index (χ0) is 19.9. The SMILES string of the molecule is CCOC(=O)CN1CCC(OC(c2ccc(F)cc2)c2ccc(F)cc2)CC1. The summed E-state index contributed by atoms with van der Waals surface area (Å²) in [5, 5.41) is 0. The first-order valence-corrected chi connectivity index (χ1v) is 9.59. The number of hydrogen-bond donors (Lipinski definition) is 0. The van der Waals surface area contributed by atoms with Crippen molar-refractivity contribution in [2.75, 3.05) is 26.2 Å². The molecule has 4 nitrogen and oxygen atoms in total. The highest BCUT2D eigenvalue weighted by Crippen LogP contribution is 2.30. The van der Waals surface area contributed by atoms with Gasteiger partial charge in [0.2, 0.25) is 0 Å². The Labute approximate surface area is 164 Å². The molecule has 0 bridgehead atoms. The maximum Gasteiger partial charge on any atom is 0.320 e. The van der Waals surface area contributed by atoms with Crippen LogP contribution in [0, 0.1) is 11.6 Å². The Kier molecular flexibility index (Phi) is 7.12. The highest BCUT2D eigenvalue weighted by molar-refractivity contribution is 5.71. The van der Waals surface area contributed by atoms with Crippen molar-refractivity contribution in [2.24, 2.45) is 0 Å². The minimum absolute atomic E-state index is 0.00134. The van der Waals surface area contributed by atoms with E-state index in [9.17, 15) is 13.6 Å². The molecule has 1 fully saturated rings. The fourth-order valence-electron chi connectivity index (χ4n) is 3.41. The van der Waals surface area contributed by atoms with E-state index in [4.69, 9.17) is 9.47 Å². The van der Waals surface area contributed by atoms with E-state index in [-0.39, 0.29) is 23.7 Å². The summed E-state index contributed by atoms with van der Waals surface area (Å²) in [4.78, 5) is 13.7. The largest absolute Gasteiger partial charge is 0.465 e. The molecule has 0 spiro atoms. The zero-order valence-electron chi connectivity index (χ0n) is 15.9. The monoisotopic (exact) mass is 389 g/mol. The van der Waals surface area contributed by atoms with Crippen LogP contribution in [0.2, 0.25) is 0 Å². The number of benzene rings is 2. The van der Waals surface area contributed by atoms with Crippen LogP contribution in [0.4, 0.5) is 8.78 Å². The van der Waals surface area contributed by atoms with Crippen LogP contribution < -0.4 is 0 Å². The molecule has 2 aromatic carbocycles. The van der Waals surface area contributed by atoms with Gasteiger partial charge in [-0.1, -0.05) is 24.3 Å². The van der Waals surface area contributed by atoms with Gasteiger partial charge >= 0.3 is 5.97 Å². The lowest BCUT2D eigenvalue weighted by Crippen LogP contribution is -2.40. The van der Waals surface area contributed by atoms with Gasteiger partial charge in [0, 0.05) is 13.1 Å². The first-order chi connectivity index (χ1) is 13.5. The predicted octanol–water partition coefficient (Wildman–Crippen LogP) is 4.10. The van der Waals surface area contributed by atoms with E-state index in [0.29, 0.717) is 13.2 Å². The Morgan fingerprint density at radius 3 is 1.96 bits per heavy atom. The molecular formula is C22H25F2NO3. The van der Waals surface area contributed by atoms with Gasteiger partial charge in [-0.3, -0.25) is 9.69 Å². The van der Waals surface area contributed by atoms with Crippen LogP contribution in [0.3, 0.4) is 0 Å². The summed E-state index contributed by atoms with van der Waals surface area (Å²) in [6.07, 6.45) is 1.15. The number of hydrogen-bond acceptors (Lipinski definition) is 4. The van der Waals surface area contributed by atoms with E-state index in [1.54, 1.807) is 31.2 Å². The average molecular weight is 389 g/mol. The lowest BCUT2D eigenvalue weighted by Gasteiger charge is -2.33. The second-order valence-electron chi connectivity index (χ2n) is 6.90. The average Bonchev–Trinajstić information content (AvgIpc) is 2.69. The fourth-order valence-corrected chi connectivity index (χ4v) is 3.41. The van der Waals surface area contributed by atoms with Gasteiger partial charge in [-0.15, -0.1) is 0 Å². The summed E-state index contributed by atoms with van der Waals surface area (Å²) in [5.74, 6) is -0.833. The Bertz CT molecular complexity index is 711. The molecule has 3 rings (SSSR count). The number of ether oxygens (including phenoxy) is 2.